The molecule has 8 heteroatoms. The monoisotopic (exact) mass is 399 g/mol. The molecule has 0 aliphatic heterocycles. The molecular weight excluding hydrogens is 384 g/mol. The fraction of sp³-hybridized carbons (Fsp3) is 0.438. The Morgan fingerprint density at radius 1 is 1.21 bits per heavy atom. The molecule has 1 unspecified atom stereocenters. The molecule has 1 aliphatic rings. The zero-order valence-corrected chi connectivity index (χ0v) is 14.3. The van der Waals surface area contributed by atoms with Crippen LogP contribution in [0.25, 0.3) is 0 Å². The molecule has 0 saturated heterocycles. The first-order valence-corrected chi connectivity index (χ1v) is 8.23. The number of rotatable bonds is 4. The van der Waals surface area contributed by atoms with Crippen LogP contribution in [0.1, 0.15) is 36.0 Å². The molecule has 1 fully saturated rings. The third-order valence-electron chi connectivity index (χ3n) is 4.07. The topological polar surface area (TPSA) is 82.0 Å². The average Bonchev–Trinajstić information content (AvgIpc) is 2.55. The van der Waals surface area contributed by atoms with Gasteiger partial charge in [0, 0.05) is 16.5 Å². The number of halogens is 3. The molecule has 1 atom stereocenters. The van der Waals surface area contributed by atoms with Crippen molar-refractivity contribution in [1.29, 1.82) is 5.26 Å². The van der Waals surface area contributed by atoms with E-state index in [-0.39, 0.29) is 18.4 Å². The first-order chi connectivity index (χ1) is 11.3. The molecule has 0 aromatic heterocycles. The van der Waals surface area contributed by atoms with Gasteiger partial charge in [-0.2, -0.15) is 5.26 Å². The van der Waals surface area contributed by atoms with Crippen LogP contribution >= 0.6 is 15.9 Å². The minimum Gasteiger partial charge on any atom is -0.341 e. The first kappa shape index (κ1) is 18.3. The maximum absolute atomic E-state index is 14.6. The van der Waals surface area contributed by atoms with Crippen molar-refractivity contribution in [2.75, 3.05) is 6.54 Å². The van der Waals surface area contributed by atoms with Gasteiger partial charge in [0.1, 0.15) is 6.54 Å². The van der Waals surface area contributed by atoms with Crippen molar-refractivity contribution in [1.82, 2.24) is 10.6 Å². The minimum atomic E-state index is -3.39. The Morgan fingerprint density at radius 3 is 2.42 bits per heavy atom. The van der Waals surface area contributed by atoms with Gasteiger partial charge >= 0.3 is 0 Å². The Labute approximate surface area is 146 Å². The zero-order valence-electron chi connectivity index (χ0n) is 12.7. The standard InChI is InChI=1S/C16H16BrF2N3O2/c17-12-5-3-11(4-6-12)13(23)22-15(14(24)21-10-9-20)7-1-2-8-16(15,18)19/h3-6H,1-2,7-8,10H2,(H,21,24)(H,22,23). The van der Waals surface area contributed by atoms with E-state index in [0.717, 1.165) is 4.47 Å². The van der Waals surface area contributed by atoms with E-state index in [1.54, 1.807) is 18.2 Å². The van der Waals surface area contributed by atoms with Crippen LogP contribution in [0.3, 0.4) is 0 Å². The number of amides is 2. The summed E-state index contributed by atoms with van der Waals surface area (Å²) < 4.78 is 29.9. The number of nitrogens with zero attached hydrogens (tertiary/aromatic N) is 1. The predicted molar refractivity (Wildman–Crippen MR) is 86.4 cm³/mol. The lowest BCUT2D eigenvalue weighted by Gasteiger charge is -2.42. The van der Waals surface area contributed by atoms with Gasteiger partial charge in [-0.15, -0.1) is 0 Å². The van der Waals surface area contributed by atoms with E-state index < -0.39 is 36.2 Å². The lowest BCUT2D eigenvalue weighted by Crippen LogP contribution is -2.69. The normalized spacial score (nSPS) is 22.2. The van der Waals surface area contributed by atoms with E-state index in [9.17, 15) is 18.4 Å². The summed E-state index contributed by atoms with van der Waals surface area (Å²) in [6.07, 6.45) is -0.0161. The molecule has 128 valence electrons. The Hall–Kier alpha value is -2.01. The van der Waals surface area contributed by atoms with Crippen molar-refractivity contribution in [3.05, 3.63) is 34.3 Å². The zero-order chi connectivity index (χ0) is 17.8. The Kier molecular flexibility index (Phi) is 5.54. The number of nitrogens with one attached hydrogen (secondary N) is 2. The second-order valence-electron chi connectivity index (χ2n) is 5.62. The van der Waals surface area contributed by atoms with E-state index in [2.05, 4.69) is 26.6 Å². The van der Waals surface area contributed by atoms with Crippen LogP contribution in [0.15, 0.2) is 28.7 Å². The van der Waals surface area contributed by atoms with Crippen LogP contribution in [-0.2, 0) is 4.79 Å². The number of carbonyl (C=O) groups excluding carboxylic acids is 2. The van der Waals surface area contributed by atoms with Crippen LogP contribution in [-0.4, -0.2) is 29.8 Å². The molecule has 1 aromatic carbocycles. The highest BCUT2D eigenvalue weighted by Gasteiger charge is 2.60. The fourth-order valence-corrected chi connectivity index (χ4v) is 3.03. The highest BCUT2D eigenvalue weighted by molar-refractivity contribution is 9.10. The molecule has 2 N–H and O–H groups in total. The van der Waals surface area contributed by atoms with Gasteiger partial charge in [-0.3, -0.25) is 9.59 Å². The molecule has 2 amide bonds. The van der Waals surface area contributed by atoms with Crippen LogP contribution in [0.5, 0.6) is 0 Å². The molecule has 0 radical (unpaired) electrons. The van der Waals surface area contributed by atoms with Crippen LogP contribution in [0, 0.1) is 11.3 Å². The summed E-state index contributed by atoms with van der Waals surface area (Å²) in [5.41, 5.74) is -2.17. The van der Waals surface area contributed by atoms with Gasteiger partial charge in [-0.25, -0.2) is 8.78 Å². The summed E-state index contributed by atoms with van der Waals surface area (Å²) in [7, 11) is 0. The number of alkyl halides is 2. The van der Waals surface area contributed by atoms with Crippen molar-refractivity contribution >= 4 is 27.7 Å². The highest BCUT2D eigenvalue weighted by atomic mass is 79.9. The Bertz CT molecular complexity index is 673. The fourth-order valence-electron chi connectivity index (χ4n) is 2.76. The quantitative estimate of drug-likeness (QED) is 0.763. The van der Waals surface area contributed by atoms with Crippen molar-refractivity contribution in [2.45, 2.75) is 37.1 Å². The van der Waals surface area contributed by atoms with Gasteiger partial charge in [-0.05, 0) is 37.1 Å². The number of carbonyl (C=O) groups is 2. The molecule has 1 aromatic rings. The predicted octanol–water partition coefficient (Wildman–Crippen LogP) is 2.77. The maximum atomic E-state index is 14.6. The Balaban J connectivity index is 2.32. The Morgan fingerprint density at radius 2 is 1.83 bits per heavy atom. The third-order valence-corrected chi connectivity index (χ3v) is 4.59. The molecule has 0 heterocycles. The summed E-state index contributed by atoms with van der Waals surface area (Å²) in [6.45, 7) is -0.398. The smallest absolute Gasteiger partial charge is 0.279 e. The second-order valence-corrected chi connectivity index (χ2v) is 6.53. The van der Waals surface area contributed by atoms with Crippen molar-refractivity contribution in [3.8, 4) is 6.07 Å². The van der Waals surface area contributed by atoms with Gasteiger partial charge < -0.3 is 10.6 Å². The molecule has 2 rings (SSSR count). The molecule has 0 bridgehead atoms. The van der Waals surface area contributed by atoms with Crippen LogP contribution in [0.2, 0.25) is 0 Å². The van der Waals surface area contributed by atoms with Crippen molar-refractivity contribution < 1.29 is 18.4 Å². The van der Waals surface area contributed by atoms with Crippen LogP contribution < -0.4 is 10.6 Å². The summed E-state index contributed by atoms with van der Waals surface area (Å²) in [5.74, 6) is -5.18. The number of hydrogen-bond acceptors (Lipinski definition) is 3. The number of hydrogen-bond donors (Lipinski definition) is 2. The highest BCUT2D eigenvalue weighted by Crippen LogP contribution is 2.42. The van der Waals surface area contributed by atoms with Gasteiger partial charge in [0.25, 0.3) is 17.7 Å². The number of nitriles is 1. The number of benzene rings is 1. The van der Waals surface area contributed by atoms with Gasteiger partial charge in [0.15, 0.2) is 5.54 Å². The molecule has 1 aliphatic carbocycles. The van der Waals surface area contributed by atoms with E-state index in [1.165, 1.54) is 12.1 Å². The maximum Gasteiger partial charge on any atom is 0.279 e. The third kappa shape index (κ3) is 3.56. The largest absolute Gasteiger partial charge is 0.341 e. The summed E-state index contributed by atoms with van der Waals surface area (Å²) in [6, 6.07) is 7.84. The van der Waals surface area contributed by atoms with Crippen molar-refractivity contribution in [2.24, 2.45) is 0 Å². The molecule has 5 nitrogen and oxygen atoms in total. The molecule has 24 heavy (non-hydrogen) atoms. The SMILES string of the molecule is N#CCNC(=O)C1(NC(=O)c2ccc(Br)cc2)CCCCC1(F)F. The van der Waals surface area contributed by atoms with E-state index >= 15 is 0 Å². The second kappa shape index (κ2) is 7.26. The molecule has 1 saturated carbocycles. The van der Waals surface area contributed by atoms with E-state index in [4.69, 9.17) is 5.26 Å². The van der Waals surface area contributed by atoms with E-state index in [1.807, 2.05) is 0 Å². The van der Waals surface area contributed by atoms with Gasteiger partial charge in [0.2, 0.25) is 0 Å². The first-order valence-electron chi connectivity index (χ1n) is 7.43. The van der Waals surface area contributed by atoms with Gasteiger partial charge in [-0.1, -0.05) is 22.4 Å². The lowest BCUT2D eigenvalue weighted by atomic mass is 9.77. The summed E-state index contributed by atoms with van der Waals surface area (Å²) >= 11 is 3.23. The van der Waals surface area contributed by atoms with E-state index in [0.29, 0.717) is 6.42 Å². The van der Waals surface area contributed by atoms with Gasteiger partial charge in [0.05, 0.1) is 6.07 Å². The summed E-state index contributed by atoms with van der Waals surface area (Å²) in [5, 5.41) is 13.0. The minimum absolute atomic E-state index is 0.173. The lowest BCUT2D eigenvalue weighted by molar-refractivity contribution is -0.155. The van der Waals surface area contributed by atoms with Crippen LogP contribution in [0.4, 0.5) is 8.78 Å². The molecule has 0 spiro atoms. The molecular formula is C16H16BrF2N3O2. The summed E-state index contributed by atoms with van der Waals surface area (Å²) in [4.78, 5) is 24.7. The van der Waals surface area contributed by atoms with Crippen molar-refractivity contribution in [3.63, 3.8) is 0 Å². The average molecular weight is 400 g/mol.